The van der Waals surface area contributed by atoms with Crippen molar-refractivity contribution in [2.24, 2.45) is 0 Å². The molecule has 0 atom stereocenters. The Morgan fingerprint density at radius 1 is 0.739 bits per heavy atom. The fourth-order valence-corrected chi connectivity index (χ4v) is 2.42. The number of phenols is 2. The molecule has 116 valence electrons. The van der Waals surface area contributed by atoms with Crippen LogP contribution in [-0.2, 0) is 6.42 Å². The summed E-state index contributed by atoms with van der Waals surface area (Å²) in [6.45, 7) is 1.93. The van der Waals surface area contributed by atoms with E-state index in [9.17, 15) is 10.2 Å². The molecule has 3 aromatic carbocycles. The van der Waals surface area contributed by atoms with Gasteiger partial charge < -0.3 is 14.9 Å². The van der Waals surface area contributed by atoms with Crippen LogP contribution in [0.15, 0.2) is 66.7 Å². The van der Waals surface area contributed by atoms with Crippen molar-refractivity contribution < 1.29 is 14.9 Å². The third kappa shape index (κ3) is 3.64. The van der Waals surface area contributed by atoms with Crippen molar-refractivity contribution in [2.45, 2.75) is 13.3 Å². The van der Waals surface area contributed by atoms with E-state index >= 15 is 0 Å². The number of rotatable bonds is 4. The van der Waals surface area contributed by atoms with Crippen LogP contribution in [0.2, 0.25) is 0 Å². The Balaban J connectivity index is 1.86. The van der Waals surface area contributed by atoms with Crippen LogP contribution in [0.4, 0.5) is 0 Å². The van der Waals surface area contributed by atoms with E-state index in [2.05, 4.69) is 0 Å². The van der Waals surface area contributed by atoms with E-state index in [0.29, 0.717) is 17.7 Å². The monoisotopic (exact) mass is 306 g/mol. The summed E-state index contributed by atoms with van der Waals surface area (Å²) < 4.78 is 5.79. The van der Waals surface area contributed by atoms with Crippen molar-refractivity contribution in [2.75, 3.05) is 0 Å². The maximum atomic E-state index is 10.1. The Hall–Kier alpha value is -2.94. The number of hydrogen-bond donors (Lipinski definition) is 2. The van der Waals surface area contributed by atoms with E-state index in [1.165, 1.54) is 0 Å². The van der Waals surface area contributed by atoms with Crippen molar-refractivity contribution in [3.8, 4) is 23.0 Å². The van der Waals surface area contributed by atoms with Crippen molar-refractivity contribution in [1.29, 1.82) is 0 Å². The van der Waals surface area contributed by atoms with Crippen LogP contribution in [0.25, 0.3) is 0 Å². The molecule has 0 heterocycles. The normalized spacial score (nSPS) is 10.5. The van der Waals surface area contributed by atoms with E-state index in [1.807, 2.05) is 49.4 Å². The maximum absolute atomic E-state index is 10.1. The van der Waals surface area contributed by atoms with Crippen LogP contribution < -0.4 is 4.74 Å². The Morgan fingerprint density at radius 2 is 1.52 bits per heavy atom. The zero-order chi connectivity index (χ0) is 16.2. The van der Waals surface area contributed by atoms with Gasteiger partial charge in [-0.2, -0.15) is 0 Å². The quantitative estimate of drug-likeness (QED) is 0.728. The van der Waals surface area contributed by atoms with Crippen LogP contribution in [0.3, 0.4) is 0 Å². The average molecular weight is 306 g/mol. The minimum atomic E-state index is 0.186. The zero-order valence-electron chi connectivity index (χ0n) is 12.9. The van der Waals surface area contributed by atoms with E-state index in [1.54, 1.807) is 24.3 Å². The number of benzene rings is 3. The van der Waals surface area contributed by atoms with Crippen molar-refractivity contribution in [3.63, 3.8) is 0 Å². The number of aromatic hydroxyl groups is 2. The largest absolute Gasteiger partial charge is 0.508 e. The molecule has 0 aliphatic heterocycles. The Kier molecular flexibility index (Phi) is 4.20. The van der Waals surface area contributed by atoms with Gasteiger partial charge >= 0.3 is 0 Å². The summed E-state index contributed by atoms with van der Waals surface area (Å²) in [6, 6.07) is 20.1. The Morgan fingerprint density at radius 3 is 2.26 bits per heavy atom. The van der Waals surface area contributed by atoms with E-state index in [-0.39, 0.29) is 11.5 Å². The molecule has 0 aliphatic carbocycles. The summed E-state index contributed by atoms with van der Waals surface area (Å²) in [5.41, 5.74) is 2.47. The molecule has 0 aromatic heterocycles. The van der Waals surface area contributed by atoms with Gasteiger partial charge in [-0.15, -0.1) is 0 Å². The first-order chi connectivity index (χ1) is 11.1. The number of hydrogen-bond acceptors (Lipinski definition) is 3. The molecular weight excluding hydrogens is 288 g/mol. The molecule has 3 nitrogen and oxygen atoms in total. The molecule has 0 saturated heterocycles. The van der Waals surface area contributed by atoms with Gasteiger partial charge in [0.05, 0.1) is 0 Å². The van der Waals surface area contributed by atoms with Gasteiger partial charge in [-0.3, -0.25) is 0 Å². The molecule has 3 heteroatoms. The number of para-hydroxylation sites is 1. The first-order valence-electron chi connectivity index (χ1n) is 7.45. The topological polar surface area (TPSA) is 49.7 Å². The summed E-state index contributed by atoms with van der Waals surface area (Å²) >= 11 is 0. The minimum absolute atomic E-state index is 0.186. The molecule has 0 spiro atoms. The molecule has 0 amide bonds. The summed E-state index contributed by atoms with van der Waals surface area (Å²) in [5, 5.41) is 20.1. The highest BCUT2D eigenvalue weighted by molar-refractivity contribution is 5.46. The number of ether oxygens (including phenoxy) is 1. The van der Waals surface area contributed by atoms with Gasteiger partial charge in [0, 0.05) is 12.0 Å². The van der Waals surface area contributed by atoms with Gasteiger partial charge in [-0.1, -0.05) is 30.3 Å². The summed E-state index contributed by atoms with van der Waals surface area (Å²) in [6.07, 6.45) is 0.434. The molecule has 23 heavy (non-hydrogen) atoms. The van der Waals surface area contributed by atoms with E-state index < -0.39 is 0 Å². The molecule has 0 aliphatic rings. The lowest BCUT2D eigenvalue weighted by Crippen LogP contribution is -1.92. The highest BCUT2D eigenvalue weighted by atomic mass is 16.5. The number of aryl methyl sites for hydroxylation is 1. The molecule has 3 rings (SSSR count). The van der Waals surface area contributed by atoms with Gasteiger partial charge in [0.1, 0.15) is 23.0 Å². The minimum Gasteiger partial charge on any atom is -0.508 e. The van der Waals surface area contributed by atoms with Gasteiger partial charge in [0.15, 0.2) is 0 Å². The summed E-state index contributed by atoms with van der Waals surface area (Å²) in [4.78, 5) is 0. The maximum Gasteiger partial charge on any atom is 0.127 e. The van der Waals surface area contributed by atoms with E-state index in [4.69, 9.17) is 4.74 Å². The second kappa shape index (κ2) is 6.44. The van der Waals surface area contributed by atoms with Crippen LogP contribution >= 0.6 is 0 Å². The predicted molar refractivity (Wildman–Crippen MR) is 90.3 cm³/mol. The third-order valence-corrected chi connectivity index (χ3v) is 3.65. The Labute approximate surface area is 135 Å². The SMILES string of the molecule is Cc1ccc(Cc2cc(Oc3ccccc3)ccc2O)c(O)c1. The van der Waals surface area contributed by atoms with Crippen LogP contribution in [0.1, 0.15) is 16.7 Å². The Bertz CT molecular complexity index is 810. The molecule has 0 unspecified atom stereocenters. The molecule has 3 aromatic rings. The fourth-order valence-electron chi connectivity index (χ4n) is 2.42. The zero-order valence-corrected chi connectivity index (χ0v) is 12.9. The fraction of sp³-hybridized carbons (Fsp3) is 0.100. The van der Waals surface area contributed by atoms with E-state index in [0.717, 1.165) is 16.9 Å². The highest BCUT2D eigenvalue weighted by Gasteiger charge is 2.09. The molecule has 0 fully saturated rings. The molecule has 2 N–H and O–H groups in total. The highest BCUT2D eigenvalue weighted by Crippen LogP contribution is 2.30. The van der Waals surface area contributed by atoms with Crippen molar-refractivity contribution in [1.82, 2.24) is 0 Å². The molecule has 0 saturated carbocycles. The van der Waals surface area contributed by atoms with Gasteiger partial charge in [0.25, 0.3) is 0 Å². The first-order valence-corrected chi connectivity index (χ1v) is 7.45. The van der Waals surface area contributed by atoms with Gasteiger partial charge in [-0.25, -0.2) is 0 Å². The average Bonchev–Trinajstić information content (AvgIpc) is 2.54. The van der Waals surface area contributed by atoms with Gasteiger partial charge in [0.2, 0.25) is 0 Å². The lowest BCUT2D eigenvalue weighted by Gasteiger charge is -2.11. The second-order valence-corrected chi connectivity index (χ2v) is 5.51. The lowest BCUT2D eigenvalue weighted by molar-refractivity contribution is 0.455. The summed E-state index contributed by atoms with van der Waals surface area (Å²) in [5.74, 6) is 1.81. The first kappa shape index (κ1) is 15.0. The van der Waals surface area contributed by atoms with Gasteiger partial charge in [-0.05, 0) is 54.4 Å². The predicted octanol–water partition coefficient (Wildman–Crippen LogP) is 4.79. The summed E-state index contributed by atoms with van der Waals surface area (Å²) in [7, 11) is 0. The van der Waals surface area contributed by atoms with Crippen molar-refractivity contribution >= 4 is 0 Å². The molecule has 0 bridgehead atoms. The smallest absolute Gasteiger partial charge is 0.127 e. The number of phenolic OH excluding ortho intramolecular Hbond substituents is 2. The van der Waals surface area contributed by atoms with Crippen LogP contribution in [0.5, 0.6) is 23.0 Å². The van der Waals surface area contributed by atoms with Crippen molar-refractivity contribution in [3.05, 3.63) is 83.4 Å². The van der Waals surface area contributed by atoms with Crippen LogP contribution in [-0.4, -0.2) is 10.2 Å². The third-order valence-electron chi connectivity index (χ3n) is 3.65. The molecular formula is C20H18O3. The standard InChI is InChI=1S/C20H18O3/c1-14-7-8-15(20(22)11-14)12-16-13-18(9-10-19(16)21)23-17-5-3-2-4-6-17/h2-11,13,21-22H,12H2,1H3. The lowest BCUT2D eigenvalue weighted by atomic mass is 10.0. The molecule has 0 radical (unpaired) electrons. The van der Waals surface area contributed by atoms with Crippen LogP contribution in [0, 0.1) is 6.92 Å². The second-order valence-electron chi connectivity index (χ2n) is 5.51.